The first-order chi connectivity index (χ1) is 8.76. The van der Waals surface area contributed by atoms with E-state index in [1.165, 1.54) is 0 Å². The van der Waals surface area contributed by atoms with E-state index >= 15 is 0 Å². The lowest BCUT2D eigenvalue weighted by Gasteiger charge is -2.20. The summed E-state index contributed by atoms with van der Waals surface area (Å²) in [5.41, 5.74) is 1.10. The van der Waals surface area contributed by atoms with Crippen LogP contribution in [-0.4, -0.2) is 42.6 Å². The van der Waals surface area contributed by atoms with Crippen LogP contribution in [0.25, 0.3) is 0 Å². The van der Waals surface area contributed by atoms with Gasteiger partial charge in [0.1, 0.15) is 6.04 Å². The van der Waals surface area contributed by atoms with Crippen LogP contribution in [0.3, 0.4) is 0 Å². The maximum absolute atomic E-state index is 9.04. The van der Waals surface area contributed by atoms with E-state index in [2.05, 4.69) is 28.2 Å². The van der Waals surface area contributed by atoms with Gasteiger partial charge in [-0.3, -0.25) is 4.98 Å². The van der Waals surface area contributed by atoms with Gasteiger partial charge in [-0.15, -0.1) is 0 Å². The van der Waals surface area contributed by atoms with Gasteiger partial charge < -0.3 is 10.2 Å². The summed E-state index contributed by atoms with van der Waals surface area (Å²) in [5.74, 6) is 0. The Bertz CT molecular complexity index is 358. The predicted molar refractivity (Wildman–Crippen MR) is 73.1 cm³/mol. The van der Waals surface area contributed by atoms with Crippen LogP contribution in [0, 0.1) is 11.3 Å². The molecule has 0 bridgehead atoms. The van der Waals surface area contributed by atoms with E-state index in [0.29, 0.717) is 0 Å². The second kappa shape index (κ2) is 8.62. The van der Waals surface area contributed by atoms with Crippen molar-refractivity contribution >= 4 is 0 Å². The number of nitrogens with zero attached hydrogens (tertiary/aromatic N) is 3. The van der Waals surface area contributed by atoms with Crippen LogP contribution >= 0.6 is 0 Å². The standard InChI is InChI=1S/C14H22N4/c1-3-8-16-14(11-15)12-18(2)10-7-13-6-4-5-9-17-13/h4-6,9,14,16H,3,7-8,10,12H2,1-2H3. The summed E-state index contributed by atoms with van der Waals surface area (Å²) in [7, 11) is 2.04. The van der Waals surface area contributed by atoms with Crippen LogP contribution in [-0.2, 0) is 6.42 Å². The second-order valence-electron chi connectivity index (χ2n) is 4.47. The lowest BCUT2D eigenvalue weighted by atomic mass is 10.2. The van der Waals surface area contributed by atoms with Gasteiger partial charge in [0.25, 0.3) is 0 Å². The molecule has 0 spiro atoms. The first-order valence-corrected chi connectivity index (χ1v) is 6.47. The Morgan fingerprint density at radius 1 is 1.50 bits per heavy atom. The minimum absolute atomic E-state index is 0.0846. The SMILES string of the molecule is CCCNC(C#N)CN(C)CCc1ccccn1. The van der Waals surface area contributed by atoms with E-state index in [0.717, 1.165) is 38.2 Å². The molecule has 1 rings (SSSR count). The molecule has 0 aromatic carbocycles. The smallest absolute Gasteiger partial charge is 0.108 e. The molecule has 0 saturated heterocycles. The number of nitrogens with one attached hydrogen (secondary N) is 1. The van der Waals surface area contributed by atoms with E-state index < -0.39 is 0 Å². The van der Waals surface area contributed by atoms with Gasteiger partial charge in [0.2, 0.25) is 0 Å². The summed E-state index contributed by atoms with van der Waals surface area (Å²) in [6.07, 6.45) is 3.79. The van der Waals surface area contributed by atoms with Gasteiger partial charge in [-0.2, -0.15) is 5.26 Å². The minimum atomic E-state index is -0.0846. The number of aromatic nitrogens is 1. The van der Waals surface area contributed by atoms with Crippen LogP contribution in [0.15, 0.2) is 24.4 Å². The lowest BCUT2D eigenvalue weighted by molar-refractivity contribution is 0.313. The summed E-state index contributed by atoms with van der Waals surface area (Å²) < 4.78 is 0. The van der Waals surface area contributed by atoms with Crippen LogP contribution in [0.5, 0.6) is 0 Å². The van der Waals surface area contributed by atoms with Crippen LogP contribution in [0.2, 0.25) is 0 Å². The maximum Gasteiger partial charge on any atom is 0.108 e. The summed E-state index contributed by atoms with van der Waals surface area (Å²) in [6, 6.07) is 8.17. The third kappa shape index (κ3) is 5.76. The molecule has 1 atom stereocenters. The highest BCUT2D eigenvalue weighted by Gasteiger charge is 2.09. The largest absolute Gasteiger partial charge is 0.303 e. The number of nitriles is 1. The third-order valence-electron chi connectivity index (χ3n) is 2.77. The van der Waals surface area contributed by atoms with Gasteiger partial charge in [-0.25, -0.2) is 0 Å². The molecule has 0 radical (unpaired) electrons. The molecule has 4 heteroatoms. The van der Waals surface area contributed by atoms with E-state index in [1.54, 1.807) is 0 Å². The molecule has 1 aromatic heterocycles. The zero-order valence-electron chi connectivity index (χ0n) is 11.3. The predicted octanol–water partition coefficient (Wildman–Crippen LogP) is 1.45. The molecule has 4 nitrogen and oxygen atoms in total. The normalized spacial score (nSPS) is 12.3. The Kier molecular flexibility index (Phi) is 7.00. The average Bonchev–Trinajstić information content (AvgIpc) is 2.42. The lowest BCUT2D eigenvalue weighted by Crippen LogP contribution is -2.39. The van der Waals surface area contributed by atoms with Crippen molar-refractivity contribution in [2.75, 3.05) is 26.7 Å². The van der Waals surface area contributed by atoms with E-state index in [1.807, 2.05) is 31.4 Å². The molecular formula is C14H22N4. The Labute approximate surface area is 110 Å². The molecule has 0 aliphatic carbocycles. The minimum Gasteiger partial charge on any atom is -0.303 e. The quantitative estimate of drug-likeness (QED) is 0.754. The highest BCUT2D eigenvalue weighted by atomic mass is 15.1. The van der Waals surface area contributed by atoms with Gasteiger partial charge in [0.05, 0.1) is 6.07 Å². The van der Waals surface area contributed by atoms with Gasteiger partial charge >= 0.3 is 0 Å². The molecule has 98 valence electrons. The van der Waals surface area contributed by atoms with Crippen LogP contribution in [0.1, 0.15) is 19.0 Å². The number of pyridine rings is 1. The van der Waals surface area contributed by atoms with E-state index in [-0.39, 0.29) is 6.04 Å². The molecule has 0 saturated carbocycles. The van der Waals surface area contributed by atoms with E-state index in [4.69, 9.17) is 5.26 Å². The fourth-order valence-electron chi connectivity index (χ4n) is 1.72. The Morgan fingerprint density at radius 3 is 2.94 bits per heavy atom. The summed E-state index contributed by atoms with van der Waals surface area (Å²) in [4.78, 5) is 6.46. The Balaban J connectivity index is 2.28. The van der Waals surface area contributed by atoms with Gasteiger partial charge in [0.15, 0.2) is 0 Å². The number of rotatable bonds is 8. The van der Waals surface area contributed by atoms with E-state index in [9.17, 15) is 0 Å². The fraction of sp³-hybridized carbons (Fsp3) is 0.571. The van der Waals surface area contributed by atoms with Crippen molar-refractivity contribution in [3.63, 3.8) is 0 Å². The Morgan fingerprint density at radius 2 is 2.33 bits per heavy atom. The summed E-state index contributed by atoms with van der Waals surface area (Å²) in [5, 5.41) is 12.3. The van der Waals surface area contributed by atoms with Gasteiger partial charge in [0, 0.05) is 31.4 Å². The summed E-state index contributed by atoms with van der Waals surface area (Å²) >= 11 is 0. The summed E-state index contributed by atoms with van der Waals surface area (Å²) in [6.45, 7) is 4.67. The molecule has 1 unspecified atom stereocenters. The monoisotopic (exact) mass is 246 g/mol. The third-order valence-corrected chi connectivity index (χ3v) is 2.77. The van der Waals surface area contributed by atoms with Gasteiger partial charge in [-0.05, 0) is 32.1 Å². The van der Waals surface area contributed by atoms with Crippen molar-refractivity contribution in [3.05, 3.63) is 30.1 Å². The van der Waals surface area contributed by atoms with Crippen molar-refractivity contribution in [1.82, 2.24) is 15.2 Å². The van der Waals surface area contributed by atoms with Gasteiger partial charge in [-0.1, -0.05) is 13.0 Å². The second-order valence-corrected chi connectivity index (χ2v) is 4.47. The van der Waals surface area contributed by atoms with Crippen molar-refractivity contribution in [2.45, 2.75) is 25.8 Å². The van der Waals surface area contributed by atoms with Crippen molar-refractivity contribution in [3.8, 4) is 6.07 Å². The number of likely N-dealkylation sites (N-methyl/N-ethyl adjacent to an activating group) is 1. The highest BCUT2D eigenvalue weighted by molar-refractivity contribution is 5.03. The molecule has 1 aromatic rings. The highest BCUT2D eigenvalue weighted by Crippen LogP contribution is 1.97. The molecule has 0 aliphatic heterocycles. The van der Waals surface area contributed by atoms with Crippen molar-refractivity contribution in [2.24, 2.45) is 0 Å². The molecular weight excluding hydrogens is 224 g/mol. The number of hydrogen-bond donors (Lipinski definition) is 1. The van der Waals surface area contributed by atoms with Crippen LogP contribution in [0.4, 0.5) is 0 Å². The zero-order chi connectivity index (χ0) is 13.2. The van der Waals surface area contributed by atoms with Crippen molar-refractivity contribution < 1.29 is 0 Å². The Hall–Kier alpha value is -1.44. The first kappa shape index (κ1) is 14.6. The fourth-order valence-corrected chi connectivity index (χ4v) is 1.72. The maximum atomic E-state index is 9.04. The topological polar surface area (TPSA) is 52.0 Å². The van der Waals surface area contributed by atoms with Crippen molar-refractivity contribution in [1.29, 1.82) is 5.26 Å². The molecule has 1 N–H and O–H groups in total. The molecule has 0 amide bonds. The zero-order valence-corrected chi connectivity index (χ0v) is 11.3. The molecule has 1 heterocycles. The average molecular weight is 246 g/mol. The molecule has 18 heavy (non-hydrogen) atoms. The van der Waals surface area contributed by atoms with Crippen LogP contribution < -0.4 is 5.32 Å². The number of hydrogen-bond acceptors (Lipinski definition) is 4. The first-order valence-electron chi connectivity index (χ1n) is 6.47. The molecule has 0 aliphatic rings. The molecule has 0 fully saturated rings.